The van der Waals surface area contributed by atoms with Crippen LogP contribution in [0.2, 0.25) is 0 Å². The number of likely N-dealkylation sites (N-methyl/N-ethyl adjacent to an activating group) is 1. The monoisotopic (exact) mass is 396 g/mol. The van der Waals surface area contributed by atoms with Crippen LogP contribution in [-0.4, -0.2) is 50.4 Å². The molecule has 0 unspecified atom stereocenters. The van der Waals surface area contributed by atoms with Crippen molar-refractivity contribution in [1.82, 2.24) is 4.90 Å². The SMILES string of the molecule is COc1ccccc1CCN(C)CCCCC(=O)c1ccc2c(c1)NC(=O)CO2. The van der Waals surface area contributed by atoms with Gasteiger partial charge in [-0.05, 0) is 62.7 Å². The summed E-state index contributed by atoms with van der Waals surface area (Å²) >= 11 is 0. The lowest BCUT2D eigenvalue weighted by Gasteiger charge is -2.18. The molecule has 0 bridgehead atoms. The second kappa shape index (κ2) is 10.1. The molecule has 1 aliphatic rings. The molecule has 0 spiro atoms. The van der Waals surface area contributed by atoms with Crippen molar-refractivity contribution in [3.05, 3.63) is 53.6 Å². The van der Waals surface area contributed by atoms with Gasteiger partial charge in [0.15, 0.2) is 12.4 Å². The van der Waals surface area contributed by atoms with E-state index >= 15 is 0 Å². The minimum absolute atomic E-state index is 0.0187. The summed E-state index contributed by atoms with van der Waals surface area (Å²) in [4.78, 5) is 26.2. The summed E-state index contributed by atoms with van der Waals surface area (Å²) in [7, 11) is 3.80. The molecular formula is C23H28N2O4. The standard InChI is InChI=1S/C23H28N2O4/c1-25(14-12-17-7-3-4-9-21(17)28-2)13-6-5-8-20(26)18-10-11-22-19(15-18)24-23(27)16-29-22/h3-4,7,9-11,15H,5-6,8,12-14,16H2,1-2H3,(H,24,27). The van der Waals surface area contributed by atoms with Crippen molar-refractivity contribution >= 4 is 17.4 Å². The van der Waals surface area contributed by atoms with Crippen LogP contribution in [0.25, 0.3) is 0 Å². The molecule has 3 rings (SSSR count). The van der Waals surface area contributed by atoms with E-state index in [0.717, 1.165) is 38.1 Å². The number of benzene rings is 2. The number of nitrogens with zero attached hydrogens (tertiary/aromatic N) is 1. The quantitative estimate of drug-likeness (QED) is 0.491. The van der Waals surface area contributed by atoms with E-state index in [9.17, 15) is 9.59 Å². The molecule has 0 radical (unpaired) electrons. The van der Waals surface area contributed by atoms with E-state index in [2.05, 4.69) is 23.3 Å². The number of nitrogens with one attached hydrogen (secondary N) is 1. The third-order valence-corrected chi connectivity index (χ3v) is 5.08. The summed E-state index contributed by atoms with van der Waals surface area (Å²) < 4.78 is 10.7. The van der Waals surface area contributed by atoms with Crippen LogP contribution in [0.1, 0.15) is 35.2 Å². The van der Waals surface area contributed by atoms with Crippen LogP contribution in [0.4, 0.5) is 5.69 Å². The lowest BCUT2D eigenvalue weighted by atomic mass is 10.0. The number of carbonyl (C=O) groups is 2. The zero-order valence-corrected chi connectivity index (χ0v) is 17.1. The number of para-hydroxylation sites is 1. The fourth-order valence-electron chi connectivity index (χ4n) is 3.40. The van der Waals surface area contributed by atoms with Gasteiger partial charge in [0.2, 0.25) is 0 Å². The Balaban J connectivity index is 1.39. The molecule has 0 atom stereocenters. The molecule has 6 heteroatoms. The fraction of sp³-hybridized carbons (Fsp3) is 0.391. The van der Waals surface area contributed by atoms with E-state index in [0.29, 0.717) is 23.4 Å². The third-order valence-electron chi connectivity index (χ3n) is 5.08. The Morgan fingerprint density at radius 3 is 2.83 bits per heavy atom. The molecule has 1 aliphatic heterocycles. The first kappa shape index (κ1) is 20.9. The number of amides is 1. The van der Waals surface area contributed by atoms with Crippen LogP contribution < -0.4 is 14.8 Å². The number of hydrogen-bond acceptors (Lipinski definition) is 5. The Morgan fingerprint density at radius 1 is 1.17 bits per heavy atom. The van der Waals surface area contributed by atoms with Gasteiger partial charge in [-0.15, -0.1) is 0 Å². The van der Waals surface area contributed by atoms with Gasteiger partial charge in [0.25, 0.3) is 5.91 Å². The molecule has 29 heavy (non-hydrogen) atoms. The first-order valence-electron chi connectivity index (χ1n) is 9.97. The highest BCUT2D eigenvalue weighted by Gasteiger charge is 2.17. The summed E-state index contributed by atoms with van der Waals surface area (Å²) in [5.41, 5.74) is 2.39. The Kier molecular flexibility index (Phi) is 7.25. The van der Waals surface area contributed by atoms with Gasteiger partial charge in [-0.25, -0.2) is 0 Å². The first-order valence-corrected chi connectivity index (χ1v) is 9.97. The predicted octanol–water partition coefficient (Wildman–Crippen LogP) is 3.55. The highest BCUT2D eigenvalue weighted by Crippen LogP contribution is 2.29. The van der Waals surface area contributed by atoms with Gasteiger partial charge < -0.3 is 19.7 Å². The van der Waals surface area contributed by atoms with E-state index < -0.39 is 0 Å². The van der Waals surface area contributed by atoms with Gasteiger partial charge >= 0.3 is 0 Å². The fourth-order valence-corrected chi connectivity index (χ4v) is 3.40. The van der Waals surface area contributed by atoms with Crippen LogP contribution in [0, 0.1) is 0 Å². The van der Waals surface area contributed by atoms with E-state index in [-0.39, 0.29) is 18.3 Å². The van der Waals surface area contributed by atoms with E-state index in [1.54, 1.807) is 25.3 Å². The highest BCUT2D eigenvalue weighted by atomic mass is 16.5. The zero-order chi connectivity index (χ0) is 20.6. The van der Waals surface area contributed by atoms with Crippen LogP contribution in [0.5, 0.6) is 11.5 Å². The van der Waals surface area contributed by atoms with Crippen molar-refractivity contribution < 1.29 is 19.1 Å². The van der Waals surface area contributed by atoms with Crippen molar-refractivity contribution in [1.29, 1.82) is 0 Å². The summed E-state index contributed by atoms with van der Waals surface area (Å²) in [5.74, 6) is 1.43. The molecular weight excluding hydrogens is 368 g/mol. The minimum Gasteiger partial charge on any atom is -0.496 e. The van der Waals surface area contributed by atoms with Crippen LogP contribution in [0.15, 0.2) is 42.5 Å². The van der Waals surface area contributed by atoms with Gasteiger partial charge in [-0.3, -0.25) is 9.59 Å². The highest BCUT2D eigenvalue weighted by molar-refractivity contribution is 6.00. The molecule has 0 saturated carbocycles. The predicted molar refractivity (Wildman–Crippen MR) is 113 cm³/mol. The summed E-state index contributed by atoms with van der Waals surface area (Å²) in [5, 5.41) is 2.74. The number of Topliss-reactive ketones (excluding diaryl/α,β-unsaturated/α-hetero) is 1. The average molecular weight is 396 g/mol. The van der Waals surface area contributed by atoms with E-state index in [1.165, 1.54) is 5.56 Å². The zero-order valence-electron chi connectivity index (χ0n) is 17.1. The summed E-state index contributed by atoms with van der Waals surface area (Å²) in [6.45, 7) is 1.90. The lowest BCUT2D eigenvalue weighted by molar-refractivity contribution is -0.118. The maximum atomic E-state index is 12.5. The number of carbonyl (C=O) groups excluding carboxylic acids is 2. The van der Waals surface area contributed by atoms with Gasteiger partial charge in [-0.2, -0.15) is 0 Å². The molecule has 0 fully saturated rings. The molecule has 154 valence electrons. The van der Waals surface area contributed by atoms with Crippen molar-refractivity contribution in [2.45, 2.75) is 25.7 Å². The van der Waals surface area contributed by atoms with Crippen molar-refractivity contribution in [3.8, 4) is 11.5 Å². The molecule has 0 aliphatic carbocycles. The molecule has 1 heterocycles. The topological polar surface area (TPSA) is 67.9 Å². The average Bonchev–Trinajstić information content (AvgIpc) is 2.74. The molecule has 2 aromatic carbocycles. The van der Waals surface area contributed by atoms with E-state index in [4.69, 9.17) is 9.47 Å². The number of rotatable bonds is 10. The maximum absolute atomic E-state index is 12.5. The van der Waals surface area contributed by atoms with Crippen LogP contribution >= 0.6 is 0 Å². The number of unbranched alkanes of at least 4 members (excludes halogenated alkanes) is 1. The van der Waals surface area contributed by atoms with Gasteiger partial charge in [-0.1, -0.05) is 18.2 Å². The van der Waals surface area contributed by atoms with Crippen molar-refractivity contribution in [2.75, 3.05) is 39.2 Å². The van der Waals surface area contributed by atoms with Crippen molar-refractivity contribution in [3.63, 3.8) is 0 Å². The number of ether oxygens (including phenoxy) is 2. The van der Waals surface area contributed by atoms with Crippen molar-refractivity contribution in [2.24, 2.45) is 0 Å². The molecule has 0 saturated heterocycles. The Bertz CT molecular complexity index is 866. The summed E-state index contributed by atoms with van der Waals surface area (Å²) in [6, 6.07) is 13.3. The van der Waals surface area contributed by atoms with Crippen LogP contribution in [0.3, 0.4) is 0 Å². The number of fused-ring (bicyclic) bond motifs is 1. The third kappa shape index (κ3) is 5.81. The second-order valence-electron chi connectivity index (χ2n) is 7.29. The lowest BCUT2D eigenvalue weighted by Crippen LogP contribution is -2.25. The summed E-state index contributed by atoms with van der Waals surface area (Å²) in [6.07, 6.45) is 3.22. The maximum Gasteiger partial charge on any atom is 0.262 e. The number of anilines is 1. The van der Waals surface area contributed by atoms with E-state index in [1.807, 2.05) is 18.2 Å². The normalized spacial score (nSPS) is 12.9. The Hall–Kier alpha value is -2.86. The molecule has 1 N–H and O–H groups in total. The smallest absolute Gasteiger partial charge is 0.262 e. The molecule has 0 aromatic heterocycles. The number of methoxy groups -OCH3 is 1. The van der Waals surface area contributed by atoms with Gasteiger partial charge in [0.05, 0.1) is 12.8 Å². The second-order valence-corrected chi connectivity index (χ2v) is 7.29. The Morgan fingerprint density at radius 2 is 2.00 bits per heavy atom. The van der Waals surface area contributed by atoms with Crippen LogP contribution in [-0.2, 0) is 11.2 Å². The van der Waals surface area contributed by atoms with Gasteiger partial charge in [0.1, 0.15) is 11.5 Å². The molecule has 6 nitrogen and oxygen atoms in total. The van der Waals surface area contributed by atoms with Gasteiger partial charge in [0, 0.05) is 18.5 Å². The number of ketones is 1. The Labute approximate surface area is 171 Å². The first-order chi connectivity index (χ1) is 14.1. The number of hydrogen-bond donors (Lipinski definition) is 1. The largest absolute Gasteiger partial charge is 0.496 e. The molecule has 2 aromatic rings. The minimum atomic E-state index is -0.196. The molecule has 1 amide bonds.